The number of rotatable bonds is 8. The molecule has 0 radical (unpaired) electrons. The second-order valence-corrected chi connectivity index (χ2v) is 9.10. The lowest BCUT2D eigenvalue weighted by molar-refractivity contribution is 0.0511. The van der Waals surface area contributed by atoms with Gasteiger partial charge in [-0.2, -0.15) is 0 Å². The molecule has 2 heterocycles. The van der Waals surface area contributed by atoms with Gasteiger partial charge in [0, 0.05) is 60.7 Å². The summed E-state index contributed by atoms with van der Waals surface area (Å²) in [7, 11) is 6.27. The van der Waals surface area contributed by atoms with Gasteiger partial charge in [-0.3, -0.25) is 0 Å². The number of nitrogens with one attached hydrogen (secondary N) is 1. The van der Waals surface area contributed by atoms with Gasteiger partial charge in [0.1, 0.15) is 22.8 Å². The number of esters is 1. The zero-order chi connectivity index (χ0) is 27.5. The Morgan fingerprint density at radius 1 is 0.949 bits per heavy atom. The van der Waals surface area contributed by atoms with Crippen LogP contribution < -0.4 is 14.2 Å². The maximum absolute atomic E-state index is 13.5. The quantitative estimate of drug-likeness (QED) is 0.244. The van der Waals surface area contributed by atoms with Crippen LogP contribution in [0.15, 0.2) is 71.5 Å². The second-order valence-electron chi connectivity index (χ2n) is 9.10. The van der Waals surface area contributed by atoms with Crippen LogP contribution in [-0.4, -0.2) is 56.9 Å². The number of methoxy groups -OCH3 is 2. The minimum absolute atomic E-state index is 0.157. The number of nitrogens with zero attached hydrogens (tertiary/aromatic N) is 1. The second kappa shape index (κ2) is 10.8. The summed E-state index contributed by atoms with van der Waals surface area (Å²) in [5.41, 5.74) is 3.99. The van der Waals surface area contributed by atoms with Crippen molar-refractivity contribution in [1.82, 2.24) is 9.88 Å². The van der Waals surface area contributed by atoms with E-state index in [1.54, 1.807) is 46.7 Å². The number of furan rings is 1. The first-order chi connectivity index (χ1) is 18.9. The average molecular weight is 529 g/mol. The van der Waals surface area contributed by atoms with Crippen LogP contribution in [0, 0.1) is 0 Å². The van der Waals surface area contributed by atoms with Crippen molar-refractivity contribution in [2.45, 2.75) is 6.42 Å². The lowest BCUT2D eigenvalue weighted by Crippen LogP contribution is -2.25. The number of para-hydroxylation sites is 1. The highest BCUT2D eigenvalue weighted by molar-refractivity contribution is 6.10. The Balaban J connectivity index is 1.51. The fourth-order valence-electron chi connectivity index (χ4n) is 4.40. The molecule has 0 unspecified atom stereocenters. The molecule has 1 amide bonds. The molecule has 3 aromatic carbocycles. The van der Waals surface area contributed by atoms with E-state index in [1.807, 2.05) is 42.6 Å². The molecular weight excluding hydrogens is 500 g/mol. The first kappa shape index (κ1) is 25.7. The molecule has 0 aliphatic carbocycles. The fraction of sp³-hybridized carbons (Fsp3) is 0.200. The average Bonchev–Trinajstić information content (AvgIpc) is 3.56. The van der Waals surface area contributed by atoms with Gasteiger partial charge in [0.25, 0.3) is 0 Å². The molecule has 0 spiro atoms. The number of carbonyl (C=O) groups is 2. The number of ether oxygens (including phenoxy) is 4. The summed E-state index contributed by atoms with van der Waals surface area (Å²) < 4.78 is 27.9. The molecule has 0 aliphatic rings. The topological polar surface area (TPSA) is 103 Å². The van der Waals surface area contributed by atoms with Gasteiger partial charge in [0.2, 0.25) is 0 Å². The van der Waals surface area contributed by atoms with Crippen LogP contribution in [0.1, 0.15) is 15.9 Å². The summed E-state index contributed by atoms with van der Waals surface area (Å²) in [4.78, 5) is 30.2. The van der Waals surface area contributed by atoms with Crippen LogP contribution in [0.5, 0.6) is 17.2 Å². The van der Waals surface area contributed by atoms with E-state index in [9.17, 15) is 9.59 Å². The van der Waals surface area contributed by atoms with Crippen molar-refractivity contribution in [3.8, 4) is 28.4 Å². The summed E-state index contributed by atoms with van der Waals surface area (Å²) in [5, 5.41) is 1.60. The standard InChI is InChI=1S/C30H28N2O7/c1-32(2)30(34)39-22-14-24(29(33)37-10-9-18-16-31-26-8-6-5-7-23(18)26)28-25(17-38-27(28)15-22)19-11-20(35-3)13-21(12-19)36-4/h5-8,11-17,31H,9-10H2,1-4H3. The Bertz CT molecular complexity index is 1640. The van der Waals surface area contributed by atoms with E-state index in [0.29, 0.717) is 34.5 Å². The van der Waals surface area contributed by atoms with Gasteiger partial charge < -0.3 is 33.2 Å². The van der Waals surface area contributed by atoms with Crippen molar-refractivity contribution < 1.29 is 33.0 Å². The molecular formula is C30H28N2O7. The highest BCUT2D eigenvalue weighted by Gasteiger charge is 2.22. The lowest BCUT2D eigenvalue weighted by Gasteiger charge is -2.13. The summed E-state index contributed by atoms with van der Waals surface area (Å²) >= 11 is 0. The molecule has 39 heavy (non-hydrogen) atoms. The number of fused-ring (bicyclic) bond motifs is 2. The monoisotopic (exact) mass is 528 g/mol. The molecule has 0 bridgehead atoms. The summed E-state index contributed by atoms with van der Waals surface area (Å²) in [6.45, 7) is 0.157. The van der Waals surface area contributed by atoms with E-state index in [0.717, 1.165) is 22.0 Å². The molecule has 5 aromatic rings. The largest absolute Gasteiger partial charge is 0.497 e. The number of hydrogen-bond donors (Lipinski definition) is 1. The molecule has 1 N–H and O–H groups in total. The van der Waals surface area contributed by atoms with Crippen molar-refractivity contribution in [2.24, 2.45) is 0 Å². The Hall–Kier alpha value is -4.92. The van der Waals surface area contributed by atoms with Gasteiger partial charge >= 0.3 is 12.1 Å². The zero-order valence-electron chi connectivity index (χ0n) is 22.1. The van der Waals surface area contributed by atoms with E-state index in [-0.39, 0.29) is 17.9 Å². The number of aromatic amines is 1. The van der Waals surface area contributed by atoms with Gasteiger partial charge in [-0.1, -0.05) is 18.2 Å². The van der Waals surface area contributed by atoms with Crippen molar-refractivity contribution in [2.75, 3.05) is 34.9 Å². The van der Waals surface area contributed by atoms with Crippen LogP contribution >= 0.6 is 0 Å². The molecule has 9 heteroatoms. The number of benzene rings is 3. The van der Waals surface area contributed by atoms with E-state index in [1.165, 1.54) is 11.0 Å². The predicted octanol–water partition coefficient (Wildman–Crippen LogP) is 6.06. The van der Waals surface area contributed by atoms with Crippen molar-refractivity contribution in [1.29, 1.82) is 0 Å². The molecule has 2 aromatic heterocycles. The van der Waals surface area contributed by atoms with E-state index >= 15 is 0 Å². The third-order valence-electron chi connectivity index (χ3n) is 6.38. The fourth-order valence-corrected chi connectivity index (χ4v) is 4.40. The van der Waals surface area contributed by atoms with Gasteiger partial charge in [-0.15, -0.1) is 0 Å². The predicted molar refractivity (Wildman–Crippen MR) is 147 cm³/mol. The lowest BCUT2D eigenvalue weighted by atomic mass is 10.00. The number of H-pyrrole nitrogens is 1. The van der Waals surface area contributed by atoms with Crippen LogP contribution in [-0.2, 0) is 11.2 Å². The van der Waals surface area contributed by atoms with Gasteiger partial charge in [0.15, 0.2) is 0 Å². The minimum Gasteiger partial charge on any atom is -0.497 e. The number of amides is 1. The molecule has 0 atom stereocenters. The van der Waals surface area contributed by atoms with Crippen LogP contribution in [0.3, 0.4) is 0 Å². The Kier molecular flexibility index (Phi) is 7.14. The Morgan fingerprint density at radius 2 is 1.69 bits per heavy atom. The maximum atomic E-state index is 13.5. The summed E-state index contributed by atoms with van der Waals surface area (Å²) in [6.07, 6.45) is 3.40. The van der Waals surface area contributed by atoms with Crippen LogP contribution in [0.25, 0.3) is 33.0 Å². The molecule has 200 valence electrons. The molecule has 0 saturated carbocycles. The van der Waals surface area contributed by atoms with Crippen molar-refractivity contribution >= 4 is 33.9 Å². The highest BCUT2D eigenvalue weighted by Crippen LogP contribution is 2.39. The molecule has 0 saturated heterocycles. The maximum Gasteiger partial charge on any atom is 0.414 e. The van der Waals surface area contributed by atoms with Crippen molar-refractivity contribution in [3.05, 3.63) is 78.2 Å². The highest BCUT2D eigenvalue weighted by atomic mass is 16.6. The van der Waals surface area contributed by atoms with Gasteiger partial charge in [-0.05, 0) is 35.4 Å². The van der Waals surface area contributed by atoms with E-state index < -0.39 is 12.1 Å². The minimum atomic E-state index is -0.586. The SMILES string of the molecule is COc1cc(OC)cc(-c2coc3cc(OC(=O)N(C)C)cc(C(=O)OCCc4c[nH]c5ccccc45)c23)c1. The van der Waals surface area contributed by atoms with Gasteiger partial charge in [-0.25, -0.2) is 9.59 Å². The first-order valence-electron chi connectivity index (χ1n) is 12.3. The number of hydrogen-bond acceptors (Lipinski definition) is 7. The molecule has 5 rings (SSSR count). The normalized spacial score (nSPS) is 11.0. The number of aromatic nitrogens is 1. The summed E-state index contributed by atoms with van der Waals surface area (Å²) in [5.74, 6) is 0.755. The van der Waals surface area contributed by atoms with Crippen LogP contribution in [0.2, 0.25) is 0 Å². The van der Waals surface area contributed by atoms with Crippen molar-refractivity contribution in [3.63, 3.8) is 0 Å². The van der Waals surface area contributed by atoms with E-state index in [4.69, 9.17) is 23.4 Å². The Morgan fingerprint density at radius 3 is 2.41 bits per heavy atom. The molecule has 0 fully saturated rings. The third kappa shape index (κ3) is 5.24. The van der Waals surface area contributed by atoms with E-state index in [2.05, 4.69) is 4.98 Å². The Labute approximate surface area is 224 Å². The number of carbonyl (C=O) groups excluding carboxylic acids is 2. The molecule has 0 aliphatic heterocycles. The molecule has 9 nitrogen and oxygen atoms in total. The van der Waals surface area contributed by atoms with Gasteiger partial charge in [0.05, 0.1) is 32.7 Å². The first-order valence-corrected chi connectivity index (χ1v) is 12.3. The summed E-state index contributed by atoms with van der Waals surface area (Å²) in [6, 6.07) is 16.4. The smallest absolute Gasteiger partial charge is 0.414 e. The van der Waals surface area contributed by atoms with Crippen LogP contribution in [0.4, 0.5) is 4.79 Å². The zero-order valence-corrected chi connectivity index (χ0v) is 22.1. The third-order valence-corrected chi connectivity index (χ3v) is 6.38.